The van der Waals surface area contributed by atoms with Crippen molar-refractivity contribution in [2.24, 2.45) is 5.90 Å². The highest BCUT2D eigenvalue weighted by molar-refractivity contribution is 7.90. The second-order valence-electron chi connectivity index (χ2n) is 3.29. The number of aryl methyl sites for hydroxylation is 1. The molecule has 0 spiro atoms. The maximum Gasteiger partial charge on any atom is 0.175 e. The van der Waals surface area contributed by atoms with E-state index in [1.165, 1.54) is 13.0 Å². The third-order valence-electron chi connectivity index (χ3n) is 1.98. The summed E-state index contributed by atoms with van der Waals surface area (Å²) >= 11 is 0. The van der Waals surface area contributed by atoms with Gasteiger partial charge in [0.1, 0.15) is 5.82 Å². The topological polar surface area (TPSA) is 69.4 Å². The third-order valence-corrected chi connectivity index (χ3v) is 3.22. The molecule has 0 unspecified atom stereocenters. The Morgan fingerprint density at radius 3 is 2.53 bits per heavy atom. The maximum absolute atomic E-state index is 13.3. The van der Waals surface area contributed by atoms with Gasteiger partial charge in [-0.15, -0.1) is 0 Å². The summed E-state index contributed by atoms with van der Waals surface area (Å²) in [7, 11) is -3.35. The predicted octanol–water partition coefficient (Wildman–Crippen LogP) is 0.928. The van der Waals surface area contributed by atoms with Crippen molar-refractivity contribution >= 4 is 9.84 Å². The molecule has 6 heteroatoms. The summed E-state index contributed by atoms with van der Waals surface area (Å²) in [5, 5.41) is 0. The van der Waals surface area contributed by atoms with Crippen LogP contribution in [0.4, 0.5) is 4.39 Å². The van der Waals surface area contributed by atoms with Crippen molar-refractivity contribution in [3.05, 3.63) is 29.1 Å². The van der Waals surface area contributed by atoms with Gasteiger partial charge in [-0.25, -0.2) is 18.7 Å². The Morgan fingerprint density at radius 2 is 2.07 bits per heavy atom. The molecule has 0 heterocycles. The van der Waals surface area contributed by atoms with E-state index in [1.807, 2.05) is 0 Å². The lowest BCUT2D eigenvalue weighted by Gasteiger charge is -2.07. The molecular formula is C9H12FNO3S. The van der Waals surface area contributed by atoms with E-state index in [1.54, 1.807) is 0 Å². The summed E-state index contributed by atoms with van der Waals surface area (Å²) in [6.45, 7) is 1.38. The lowest BCUT2D eigenvalue weighted by Crippen LogP contribution is -2.06. The lowest BCUT2D eigenvalue weighted by atomic mass is 10.1. The van der Waals surface area contributed by atoms with E-state index in [0.717, 1.165) is 12.3 Å². The van der Waals surface area contributed by atoms with E-state index in [-0.39, 0.29) is 17.1 Å². The Morgan fingerprint density at radius 1 is 1.47 bits per heavy atom. The Labute approximate surface area is 87.7 Å². The number of rotatable bonds is 3. The first-order valence-corrected chi connectivity index (χ1v) is 6.06. The normalized spacial score (nSPS) is 11.7. The summed E-state index contributed by atoms with van der Waals surface area (Å²) in [6, 6.07) is 2.40. The second kappa shape index (κ2) is 4.26. The molecule has 0 amide bonds. The Hall–Kier alpha value is -0.980. The van der Waals surface area contributed by atoms with E-state index >= 15 is 0 Å². The third kappa shape index (κ3) is 2.74. The summed E-state index contributed by atoms with van der Waals surface area (Å²) in [5.41, 5.74) is 0.499. The molecule has 15 heavy (non-hydrogen) atoms. The SMILES string of the molecule is Cc1cc(F)c(CON)cc1S(C)(=O)=O. The van der Waals surface area contributed by atoms with Gasteiger partial charge in [-0.1, -0.05) is 0 Å². The second-order valence-corrected chi connectivity index (χ2v) is 5.28. The number of sulfone groups is 1. The van der Waals surface area contributed by atoms with Crippen LogP contribution in [0.5, 0.6) is 0 Å². The van der Waals surface area contributed by atoms with Gasteiger partial charge in [0, 0.05) is 11.8 Å². The van der Waals surface area contributed by atoms with Gasteiger partial charge < -0.3 is 0 Å². The van der Waals surface area contributed by atoms with Crippen LogP contribution in [-0.2, 0) is 21.3 Å². The molecule has 0 aliphatic rings. The average Bonchev–Trinajstić information content (AvgIpc) is 2.07. The largest absolute Gasteiger partial charge is 0.300 e. The molecule has 0 saturated carbocycles. The van der Waals surface area contributed by atoms with Gasteiger partial charge in [-0.3, -0.25) is 4.84 Å². The zero-order valence-corrected chi connectivity index (χ0v) is 9.27. The molecular weight excluding hydrogens is 221 g/mol. The molecule has 0 aromatic heterocycles. The van der Waals surface area contributed by atoms with Crippen molar-refractivity contribution < 1.29 is 17.6 Å². The van der Waals surface area contributed by atoms with Crippen molar-refractivity contribution in [3.63, 3.8) is 0 Å². The van der Waals surface area contributed by atoms with Gasteiger partial charge in [0.15, 0.2) is 9.84 Å². The number of halogens is 1. The van der Waals surface area contributed by atoms with Crippen molar-refractivity contribution in [2.75, 3.05) is 6.26 Å². The quantitative estimate of drug-likeness (QED) is 0.622. The molecule has 1 aromatic carbocycles. The van der Waals surface area contributed by atoms with Gasteiger partial charge in [0.05, 0.1) is 11.5 Å². The summed E-state index contributed by atoms with van der Waals surface area (Å²) < 4.78 is 35.9. The highest BCUT2D eigenvalue weighted by atomic mass is 32.2. The average molecular weight is 233 g/mol. The van der Waals surface area contributed by atoms with Gasteiger partial charge in [0.2, 0.25) is 0 Å². The van der Waals surface area contributed by atoms with E-state index in [0.29, 0.717) is 5.56 Å². The molecule has 0 saturated heterocycles. The van der Waals surface area contributed by atoms with Crippen LogP contribution in [0, 0.1) is 12.7 Å². The Balaban J connectivity index is 3.36. The molecule has 1 aromatic rings. The fourth-order valence-electron chi connectivity index (χ4n) is 1.29. The number of benzene rings is 1. The molecule has 0 fully saturated rings. The van der Waals surface area contributed by atoms with Gasteiger partial charge in [0.25, 0.3) is 0 Å². The van der Waals surface area contributed by atoms with E-state index < -0.39 is 15.7 Å². The fraction of sp³-hybridized carbons (Fsp3) is 0.333. The summed E-state index contributed by atoms with van der Waals surface area (Å²) in [5.74, 6) is 4.29. The van der Waals surface area contributed by atoms with Crippen molar-refractivity contribution in [2.45, 2.75) is 18.4 Å². The number of hydrogen-bond donors (Lipinski definition) is 1. The standard InChI is InChI=1S/C9H12FNO3S/c1-6-3-8(10)7(5-14-11)4-9(6)15(2,12)13/h3-4H,5,11H2,1-2H3. The fourth-order valence-corrected chi connectivity index (χ4v) is 2.29. The first-order valence-electron chi connectivity index (χ1n) is 4.17. The minimum Gasteiger partial charge on any atom is -0.300 e. The van der Waals surface area contributed by atoms with E-state index in [2.05, 4.69) is 4.84 Å². The van der Waals surface area contributed by atoms with Crippen molar-refractivity contribution in [1.82, 2.24) is 0 Å². The van der Waals surface area contributed by atoms with Crippen molar-refractivity contribution in [3.8, 4) is 0 Å². The minimum atomic E-state index is -3.35. The first-order chi connectivity index (χ1) is 6.86. The first kappa shape index (κ1) is 12.1. The Bertz CT molecular complexity index is 470. The van der Waals surface area contributed by atoms with E-state index in [4.69, 9.17) is 5.90 Å². The maximum atomic E-state index is 13.3. The molecule has 4 nitrogen and oxygen atoms in total. The highest BCUT2D eigenvalue weighted by Crippen LogP contribution is 2.20. The van der Waals surface area contributed by atoms with Crippen LogP contribution in [0.3, 0.4) is 0 Å². The van der Waals surface area contributed by atoms with Gasteiger partial charge >= 0.3 is 0 Å². The molecule has 0 bridgehead atoms. The monoisotopic (exact) mass is 233 g/mol. The van der Waals surface area contributed by atoms with Crippen molar-refractivity contribution in [1.29, 1.82) is 0 Å². The molecule has 1 rings (SSSR count). The summed E-state index contributed by atoms with van der Waals surface area (Å²) in [6.07, 6.45) is 1.07. The van der Waals surface area contributed by atoms with Crippen LogP contribution in [0.1, 0.15) is 11.1 Å². The van der Waals surface area contributed by atoms with Crippen LogP contribution in [-0.4, -0.2) is 14.7 Å². The lowest BCUT2D eigenvalue weighted by molar-refractivity contribution is 0.121. The van der Waals surface area contributed by atoms with Crippen LogP contribution >= 0.6 is 0 Å². The molecule has 0 atom stereocenters. The van der Waals surface area contributed by atoms with Gasteiger partial charge in [-0.05, 0) is 24.6 Å². The predicted molar refractivity (Wildman–Crippen MR) is 53.2 cm³/mol. The summed E-state index contributed by atoms with van der Waals surface area (Å²) in [4.78, 5) is 4.37. The van der Waals surface area contributed by atoms with Crippen LogP contribution in [0.15, 0.2) is 17.0 Å². The molecule has 84 valence electrons. The Kier molecular flexibility index (Phi) is 3.43. The highest BCUT2D eigenvalue weighted by Gasteiger charge is 2.14. The van der Waals surface area contributed by atoms with Crippen LogP contribution < -0.4 is 5.90 Å². The molecule has 0 aliphatic carbocycles. The van der Waals surface area contributed by atoms with E-state index in [9.17, 15) is 12.8 Å². The smallest absolute Gasteiger partial charge is 0.175 e. The van der Waals surface area contributed by atoms with Gasteiger partial charge in [-0.2, -0.15) is 0 Å². The molecule has 0 aliphatic heterocycles. The zero-order chi connectivity index (χ0) is 11.6. The number of hydrogen-bond acceptors (Lipinski definition) is 4. The van der Waals surface area contributed by atoms with Crippen LogP contribution in [0.25, 0.3) is 0 Å². The number of nitrogens with two attached hydrogens (primary N) is 1. The minimum absolute atomic E-state index is 0.0935. The zero-order valence-electron chi connectivity index (χ0n) is 8.45. The van der Waals surface area contributed by atoms with Crippen LogP contribution in [0.2, 0.25) is 0 Å². The molecule has 0 radical (unpaired) electrons. The molecule has 2 N–H and O–H groups in total.